The molecule has 1 aliphatic rings. The number of alkyl halides is 3. The summed E-state index contributed by atoms with van der Waals surface area (Å²) in [5.74, 6) is 0. The molecule has 0 aromatic heterocycles. The zero-order chi connectivity index (χ0) is 16.4. The second kappa shape index (κ2) is 6.58. The maximum atomic E-state index is 13.1. The van der Waals surface area contributed by atoms with Crippen LogP contribution < -0.4 is 0 Å². The molecule has 0 spiro atoms. The molecule has 0 atom stereocenters. The lowest BCUT2D eigenvalue weighted by atomic mass is 10.1. The molecule has 2 rings (SSSR count). The number of nitrogens with zero attached hydrogens (tertiary/aromatic N) is 1. The molecular weight excluding hydrogens is 315 g/mol. The van der Waals surface area contributed by atoms with Crippen molar-refractivity contribution in [2.45, 2.75) is 55.6 Å². The van der Waals surface area contributed by atoms with E-state index in [2.05, 4.69) is 0 Å². The Hall–Kier alpha value is -1.08. The van der Waals surface area contributed by atoms with Gasteiger partial charge in [0.1, 0.15) is 0 Å². The molecule has 7 heteroatoms. The van der Waals surface area contributed by atoms with Crippen molar-refractivity contribution in [2.24, 2.45) is 0 Å². The van der Waals surface area contributed by atoms with Crippen molar-refractivity contribution in [3.63, 3.8) is 0 Å². The molecule has 1 aromatic rings. The Morgan fingerprint density at radius 3 is 2.14 bits per heavy atom. The minimum absolute atomic E-state index is 0.228. The van der Waals surface area contributed by atoms with Crippen LogP contribution in [0.2, 0.25) is 0 Å². The van der Waals surface area contributed by atoms with Crippen LogP contribution in [-0.2, 0) is 16.2 Å². The third-order valence-corrected chi connectivity index (χ3v) is 6.16. The summed E-state index contributed by atoms with van der Waals surface area (Å²) in [4.78, 5) is -0.658. The quantitative estimate of drug-likeness (QED) is 0.782. The second-order valence-electron chi connectivity index (χ2n) is 5.66. The largest absolute Gasteiger partial charge is 0.417 e. The van der Waals surface area contributed by atoms with Crippen LogP contribution in [0.15, 0.2) is 29.2 Å². The Balaban J connectivity index is 2.38. The topological polar surface area (TPSA) is 37.4 Å². The maximum Gasteiger partial charge on any atom is 0.417 e. The highest BCUT2D eigenvalue weighted by molar-refractivity contribution is 7.89. The molecule has 3 nitrogen and oxygen atoms in total. The van der Waals surface area contributed by atoms with Crippen molar-refractivity contribution >= 4 is 10.0 Å². The molecule has 1 fully saturated rings. The third kappa shape index (κ3) is 3.63. The number of sulfonamides is 1. The summed E-state index contributed by atoms with van der Waals surface area (Å²) in [6.07, 6.45) is 0.617. The molecule has 0 unspecified atom stereocenters. The minimum Gasteiger partial charge on any atom is -0.207 e. The first kappa shape index (κ1) is 17.3. The van der Waals surface area contributed by atoms with Crippen LogP contribution in [0, 0.1) is 0 Å². The van der Waals surface area contributed by atoms with Crippen molar-refractivity contribution in [1.82, 2.24) is 4.31 Å². The maximum absolute atomic E-state index is 13.1. The summed E-state index contributed by atoms with van der Waals surface area (Å²) >= 11 is 0. The lowest BCUT2D eigenvalue weighted by molar-refractivity contribution is -0.139. The van der Waals surface area contributed by atoms with Gasteiger partial charge in [0, 0.05) is 13.1 Å². The van der Waals surface area contributed by atoms with Gasteiger partial charge in [-0.2, -0.15) is 17.5 Å². The SMILES string of the molecule is CN(C1CCCCCC1)S(=O)(=O)c1ccccc1C(F)(F)F. The molecule has 1 saturated carbocycles. The molecule has 0 aliphatic heterocycles. The van der Waals surface area contributed by atoms with Crippen molar-refractivity contribution in [3.8, 4) is 0 Å². The number of hydrogen-bond donors (Lipinski definition) is 0. The Morgan fingerprint density at radius 2 is 1.59 bits per heavy atom. The van der Waals surface area contributed by atoms with E-state index in [9.17, 15) is 21.6 Å². The number of rotatable bonds is 3. The highest BCUT2D eigenvalue weighted by Crippen LogP contribution is 2.36. The molecule has 0 saturated heterocycles. The van der Waals surface area contributed by atoms with Crippen molar-refractivity contribution < 1.29 is 21.6 Å². The average molecular weight is 335 g/mol. The molecule has 1 aromatic carbocycles. The summed E-state index contributed by atoms with van der Waals surface area (Å²) in [6, 6.07) is 4.14. The summed E-state index contributed by atoms with van der Waals surface area (Å²) < 4.78 is 65.6. The van der Waals surface area contributed by atoms with E-state index < -0.39 is 26.7 Å². The fourth-order valence-corrected chi connectivity index (χ4v) is 4.52. The summed E-state index contributed by atoms with van der Waals surface area (Å²) in [6.45, 7) is 0. The van der Waals surface area contributed by atoms with Gasteiger partial charge < -0.3 is 0 Å². The van der Waals surface area contributed by atoms with Crippen molar-refractivity contribution in [1.29, 1.82) is 0 Å². The molecule has 0 radical (unpaired) electrons. The van der Waals surface area contributed by atoms with Gasteiger partial charge in [-0.15, -0.1) is 0 Å². The predicted molar refractivity (Wildman–Crippen MR) is 77.9 cm³/mol. The van der Waals surface area contributed by atoms with E-state index in [4.69, 9.17) is 0 Å². The molecule has 0 heterocycles. The number of benzene rings is 1. The van der Waals surface area contributed by atoms with Gasteiger partial charge in [-0.05, 0) is 25.0 Å². The molecular formula is C15H20F3NO2S. The third-order valence-electron chi connectivity index (χ3n) is 4.19. The molecule has 0 N–H and O–H groups in total. The van der Waals surface area contributed by atoms with Crippen LogP contribution in [0.5, 0.6) is 0 Å². The number of halogens is 3. The van der Waals surface area contributed by atoms with E-state index in [1.54, 1.807) is 0 Å². The molecule has 22 heavy (non-hydrogen) atoms. The zero-order valence-corrected chi connectivity index (χ0v) is 13.3. The van der Waals surface area contributed by atoms with E-state index in [0.717, 1.165) is 42.1 Å². The van der Waals surface area contributed by atoms with Gasteiger partial charge in [0.25, 0.3) is 0 Å². The fourth-order valence-electron chi connectivity index (χ4n) is 2.90. The predicted octanol–water partition coefficient (Wildman–Crippen LogP) is 4.05. The van der Waals surface area contributed by atoms with E-state index in [0.29, 0.717) is 12.8 Å². The van der Waals surface area contributed by atoms with Crippen LogP contribution in [0.25, 0.3) is 0 Å². The first-order chi connectivity index (χ1) is 10.2. The summed E-state index contributed by atoms with van der Waals surface area (Å²) in [5, 5.41) is 0. The smallest absolute Gasteiger partial charge is 0.207 e. The molecule has 124 valence electrons. The first-order valence-corrected chi connectivity index (χ1v) is 8.83. The Kier molecular flexibility index (Phi) is 5.17. The normalized spacial score (nSPS) is 18.4. The lowest BCUT2D eigenvalue weighted by Crippen LogP contribution is -2.37. The summed E-state index contributed by atoms with van der Waals surface area (Å²) in [5.41, 5.74) is -1.10. The average Bonchev–Trinajstić information content (AvgIpc) is 2.74. The Bertz CT molecular complexity index is 605. The fraction of sp³-hybridized carbons (Fsp3) is 0.600. The van der Waals surface area contributed by atoms with E-state index in [-0.39, 0.29) is 6.04 Å². The van der Waals surface area contributed by atoms with E-state index in [1.165, 1.54) is 19.2 Å². The first-order valence-electron chi connectivity index (χ1n) is 7.39. The van der Waals surface area contributed by atoms with E-state index in [1.807, 2.05) is 0 Å². The lowest BCUT2D eigenvalue weighted by Gasteiger charge is -2.27. The van der Waals surface area contributed by atoms with Gasteiger partial charge in [0.15, 0.2) is 0 Å². The van der Waals surface area contributed by atoms with Crippen LogP contribution in [0.3, 0.4) is 0 Å². The molecule has 0 bridgehead atoms. The van der Waals surface area contributed by atoms with Crippen molar-refractivity contribution in [2.75, 3.05) is 7.05 Å². The van der Waals surface area contributed by atoms with Gasteiger partial charge >= 0.3 is 6.18 Å². The van der Waals surface area contributed by atoms with Gasteiger partial charge in [-0.1, -0.05) is 37.8 Å². The van der Waals surface area contributed by atoms with Gasteiger partial charge in [-0.3, -0.25) is 0 Å². The minimum atomic E-state index is -4.69. The Labute approximate surface area is 129 Å². The van der Waals surface area contributed by atoms with Crippen LogP contribution >= 0.6 is 0 Å². The molecule has 1 aliphatic carbocycles. The van der Waals surface area contributed by atoms with Gasteiger partial charge in [0.2, 0.25) is 10.0 Å². The van der Waals surface area contributed by atoms with Gasteiger partial charge in [0.05, 0.1) is 10.5 Å². The second-order valence-corrected chi connectivity index (χ2v) is 7.63. The molecule has 0 amide bonds. The monoisotopic (exact) mass is 335 g/mol. The van der Waals surface area contributed by atoms with Crippen LogP contribution in [-0.4, -0.2) is 25.8 Å². The van der Waals surface area contributed by atoms with E-state index >= 15 is 0 Å². The van der Waals surface area contributed by atoms with Crippen molar-refractivity contribution in [3.05, 3.63) is 29.8 Å². The standard InChI is InChI=1S/C15H20F3NO2S/c1-19(12-8-4-2-3-5-9-12)22(20,21)14-11-7-6-10-13(14)15(16,17)18/h6-7,10-12H,2-5,8-9H2,1H3. The van der Waals surface area contributed by atoms with Gasteiger partial charge in [-0.25, -0.2) is 8.42 Å². The van der Waals surface area contributed by atoms with Crippen LogP contribution in [0.4, 0.5) is 13.2 Å². The highest BCUT2D eigenvalue weighted by Gasteiger charge is 2.39. The number of hydrogen-bond acceptors (Lipinski definition) is 2. The van der Waals surface area contributed by atoms with Crippen LogP contribution in [0.1, 0.15) is 44.1 Å². The Morgan fingerprint density at radius 1 is 1.05 bits per heavy atom. The summed E-state index contributed by atoms with van der Waals surface area (Å²) in [7, 11) is -2.77. The zero-order valence-electron chi connectivity index (χ0n) is 12.4. The highest BCUT2D eigenvalue weighted by atomic mass is 32.2.